The molecule has 1 heterocycles. The number of hydrogen-bond acceptors (Lipinski definition) is 3. The molecule has 0 aliphatic carbocycles. The third kappa shape index (κ3) is 2.23. The molecule has 0 fully saturated rings. The summed E-state index contributed by atoms with van der Waals surface area (Å²) in [6, 6.07) is 1.82. The quantitative estimate of drug-likeness (QED) is 0.798. The molecule has 0 radical (unpaired) electrons. The Morgan fingerprint density at radius 3 is 2.73 bits per heavy atom. The molecular weight excluding hydrogens is 270 g/mol. The van der Waals surface area contributed by atoms with Gasteiger partial charge in [0.15, 0.2) is 0 Å². The van der Waals surface area contributed by atoms with Crippen molar-refractivity contribution in [1.29, 1.82) is 5.26 Å². The van der Waals surface area contributed by atoms with Gasteiger partial charge in [-0.05, 0) is 0 Å². The SMILES string of the molecule is COc1c(C(F)F)cnc(C#N)c1CBr. The molecule has 15 heavy (non-hydrogen) atoms. The second-order valence-corrected chi connectivity index (χ2v) is 3.18. The number of alkyl halides is 3. The number of methoxy groups -OCH3 is 1. The van der Waals surface area contributed by atoms with Gasteiger partial charge in [0.1, 0.15) is 17.5 Å². The van der Waals surface area contributed by atoms with E-state index in [1.54, 1.807) is 0 Å². The zero-order chi connectivity index (χ0) is 11.4. The molecule has 3 nitrogen and oxygen atoms in total. The molecular formula is C9H7BrF2N2O. The summed E-state index contributed by atoms with van der Waals surface area (Å²) in [4.78, 5) is 3.65. The fraction of sp³-hybridized carbons (Fsp3) is 0.333. The topological polar surface area (TPSA) is 45.9 Å². The fourth-order valence-corrected chi connectivity index (χ4v) is 1.69. The lowest BCUT2D eigenvalue weighted by atomic mass is 10.1. The minimum absolute atomic E-state index is 0.0217. The maximum absolute atomic E-state index is 12.5. The first-order valence-corrected chi connectivity index (χ1v) is 5.07. The van der Waals surface area contributed by atoms with Crippen LogP contribution in [0.1, 0.15) is 23.2 Å². The maximum Gasteiger partial charge on any atom is 0.268 e. The molecule has 1 aromatic rings. The summed E-state index contributed by atoms with van der Waals surface area (Å²) in [6.45, 7) is 0. The molecule has 0 bridgehead atoms. The van der Waals surface area contributed by atoms with Crippen molar-refractivity contribution in [2.75, 3.05) is 7.11 Å². The van der Waals surface area contributed by atoms with Crippen molar-refractivity contribution in [1.82, 2.24) is 4.98 Å². The zero-order valence-corrected chi connectivity index (χ0v) is 9.38. The van der Waals surface area contributed by atoms with Crippen LogP contribution in [0.3, 0.4) is 0 Å². The Labute approximate surface area is 93.8 Å². The number of pyridine rings is 1. The Bertz CT molecular complexity index is 404. The van der Waals surface area contributed by atoms with Crippen molar-refractivity contribution in [3.05, 3.63) is 23.0 Å². The highest BCUT2D eigenvalue weighted by Crippen LogP contribution is 2.33. The van der Waals surface area contributed by atoms with Crippen molar-refractivity contribution < 1.29 is 13.5 Å². The molecule has 80 valence electrons. The van der Waals surface area contributed by atoms with Crippen LogP contribution < -0.4 is 4.74 Å². The van der Waals surface area contributed by atoms with E-state index < -0.39 is 6.43 Å². The van der Waals surface area contributed by atoms with E-state index in [1.807, 2.05) is 6.07 Å². The molecule has 0 aliphatic rings. The summed E-state index contributed by atoms with van der Waals surface area (Å²) in [5.74, 6) is 0.0217. The molecule has 0 amide bonds. The second kappa shape index (κ2) is 5.03. The number of aromatic nitrogens is 1. The van der Waals surface area contributed by atoms with Crippen LogP contribution in [-0.4, -0.2) is 12.1 Å². The average molecular weight is 277 g/mol. The summed E-state index contributed by atoms with van der Waals surface area (Å²) < 4.78 is 30.0. The number of halogens is 3. The van der Waals surface area contributed by atoms with Gasteiger partial charge in [0.05, 0.1) is 12.7 Å². The number of ether oxygens (including phenoxy) is 1. The third-order valence-corrected chi connectivity index (χ3v) is 2.39. The summed E-state index contributed by atoms with van der Waals surface area (Å²) >= 11 is 3.11. The van der Waals surface area contributed by atoms with Crippen molar-refractivity contribution in [3.8, 4) is 11.8 Å². The first-order chi connectivity index (χ1) is 7.15. The monoisotopic (exact) mass is 276 g/mol. The lowest BCUT2D eigenvalue weighted by Gasteiger charge is -2.11. The van der Waals surface area contributed by atoms with Gasteiger partial charge in [-0.25, -0.2) is 13.8 Å². The molecule has 0 spiro atoms. The highest BCUT2D eigenvalue weighted by Gasteiger charge is 2.20. The Kier molecular flexibility index (Phi) is 3.97. The zero-order valence-electron chi connectivity index (χ0n) is 7.80. The third-order valence-electron chi connectivity index (χ3n) is 1.83. The highest BCUT2D eigenvalue weighted by atomic mass is 79.9. The van der Waals surface area contributed by atoms with Gasteiger partial charge in [-0.3, -0.25) is 0 Å². The number of nitrogens with zero attached hydrogens (tertiary/aromatic N) is 2. The predicted octanol–water partition coefficient (Wildman–Crippen LogP) is 2.79. The molecule has 0 atom stereocenters. The molecule has 0 saturated carbocycles. The predicted molar refractivity (Wildman–Crippen MR) is 53.1 cm³/mol. The van der Waals surface area contributed by atoms with E-state index in [-0.39, 0.29) is 22.3 Å². The van der Waals surface area contributed by atoms with E-state index >= 15 is 0 Å². The van der Waals surface area contributed by atoms with Crippen LogP contribution in [0.15, 0.2) is 6.20 Å². The minimum Gasteiger partial charge on any atom is -0.496 e. The molecule has 1 rings (SSSR count). The van der Waals surface area contributed by atoms with E-state index in [9.17, 15) is 8.78 Å². The van der Waals surface area contributed by atoms with Gasteiger partial charge in [-0.2, -0.15) is 5.26 Å². The van der Waals surface area contributed by atoms with Crippen LogP contribution in [0.2, 0.25) is 0 Å². The van der Waals surface area contributed by atoms with Gasteiger partial charge in [0.2, 0.25) is 0 Å². The van der Waals surface area contributed by atoms with Crippen molar-refractivity contribution in [3.63, 3.8) is 0 Å². The molecule has 0 saturated heterocycles. The highest BCUT2D eigenvalue weighted by molar-refractivity contribution is 9.08. The van der Waals surface area contributed by atoms with E-state index in [4.69, 9.17) is 10.00 Å². The molecule has 0 aliphatic heterocycles. The number of rotatable bonds is 3. The second-order valence-electron chi connectivity index (χ2n) is 2.62. The molecule has 1 aromatic heterocycles. The lowest BCUT2D eigenvalue weighted by Crippen LogP contribution is -2.01. The van der Waals surface area contributed by atoms with Crippen molar-refractivity contribution in [2.45, 2.75) is 11.8 Å². The van der Waals surface area contributed by atoms with Crippen LogP contribution in [0.5, 0.6) is 5.75 Å². The Hall–Kier alpha value is -1.22. The normalized spacial score (nSPS) is 10.1. The summed E-state index contributed by atoms with van der Waals surface area (Å²) in [7, 11) is 1.29. The Morgan fingerprint density at radius 1 is 1.67 bits per heavy atom. The van der Waals surface area contributed by atoms with Gasteiger partial charge in [0, 0.05) is 17.1 Å². The fourth-order valence-electron chi connectivity index (χ4n) is 1.17. The standard InChI is InChI=1S/C9H7BrF2N2O/c1-15-8-5(2-10)7(3-13)14-4-6(8)9(11)12/h4,9H,2H2,1H3. The summed E-state index contributed by atoms with van der Waals surface area (Å²) in [5, 5.41) is 8.97. The summed E-state index contributed by atoms with van der Waals surface area (Å²) in [6.07, 6.45) is -1.70. The molecule has 0 aromatic carbocycles. The Morgan fingerprint density at radius 2 is 2.33 bits per heavy atom. The first kappa shape index (κ1) is 11.9. The van der Waals surface area contributed by atoms with Gasteiger partial charge < -0.3 is 4.74 Å². The van der Waals surface area contributed by atoms with Crippen LogP contribution in [0.4, 0.5) is 8.78 Å². The van der Waals surface area contributed by atoms with Crippen LogP contribution in [-0.2, 0) is 5.33 Å². The van der Waals surface area contributed by atoms with Crippen LogP contribution in [0.25, 0.3) is 0 Å². The first-order valence-electron chi connectivity index (χ1n) is 3.95. The number of nitriles is 1. The molecule has 0 N–H and O–H groups in total. The maximum atomic E-state index is 12.5. The van der Waals surface area contributed by atoms with Gasteiger partial charge in [0.25, 0.3) is 6.43 Å². The Balaban J connectivity index is 3.42. The van der Waals surface area contributed by atoms with Gasteiger partial charge in [-0.1, -0.05) is 15.9 Å². The van der Waals surface area contributed by atoms with Gasteiger partial charge in [-0.15, -0.1) is 0 Å². The van der Waals surface area contributed by atoms with E-state index in [0.29, 0.717) is 5.56 Å². The average Bonchev–Trinajstić information content (AvgIpc) is 2.26. The van der Waals surface area contributed by atoms with Crippen molar-refractivity contribution >= 4 is 15.9 Å². The van der Waals surface area contributed by atoms with E-state index in [0.717, 1.165) is 6.20 Å². The van der Waals surface area contributed by atoms with Crippen LogP contribution in [0, 0.1) is 11.3 Å². The van der Waals surface area contributed by atoms with E-state index in [2.05, 4.69) is 20.9 Å². The summed E-state index contributed by atoms with van der Waals surface area (Å²) in [5.41, 5.74) is 0.136. The van der Waals surface area contributed by atoms with Gasteiger partial charge >= 0.3 is 0 Å². The van der Waals surface area contributed by atoms with Crippen molar-refractivity contribution in [2.24, 2.45) is 0 Å². The smallest absolute Gasteiger partial charge is 0.268 e. The minimum atomic E-state index is -2.67. The lowest BCUT2D eigenvalue weighted by molar-refractivity contribution is 0.146. The molecule has 6 heteroatoms. The van der Waals surface area contributed by atoms with E-state index in [1.165, 1.54) is 7.11 Å². The van der Waals surface area contributed by atoms with Crippen LogP contribution >= 0.6 is 15.9 Å². The molecule has 0 unspecified atom stereocenters. The number of hydrogen-bond donors (Lipinski definition) is 0. The largest absolute Gasteiger partial charge is 0.496 e.